The molecule has 0 aromatic carbocycles. The van der Waals surface area contributed by atoms with E-state index >= 15 is 0 Å². The Labute approximate surface area is 122 Å². The molecular formula is C14H27ClN2O2. The van der Waals surface area contributed by atoms with Gasteiger partial charge in [-0.2, -0.15) is 0 Å². The van der Waals surface area contributed by atoms with Crippen molar-refractivity contribution in [1.29, 1.82) is 0 Å². The van der Waals surface area contributed by atoms with E-state index in [1.807, 2.05) is 4.90 Å². The number of halogens is 1. The van der Waals surface area contributed by atoms with Crippen LogP contribution in [0.4, 0.5) is 0 Å². The van der Waals surface area contributed by atoms with Crippen molar-refractivity contribution in [2.24, 2.45) is 5.92 Å². The molecule has 2 heterocycles. The normalized spacial score (nSPS) is 31.1. The molecule has 1 N–H and O–H groups in total. The summed E-state index contributed by atoms with van der Waals surface area (Å²) in [4.78, 5) is 14.2. The lowest BCUT2D eigenvalue weighted by atomic mass is 9.95. The highest BCUT2D eigenvalue weighted by Gasteiger charge is 2.28. The van der Waals surface area contributed by atoms with Gasteiger partial charge in [0, 0.05) is 32.7 Å². The van der Waals surface area contributed by atoms with Crippen LogP contribution in [-0.4, -0.2) is 49.7 Å². The van der Waals surface area contributed by atoms with Crippen LogP contribution in [0.3, 0.4) is 0 Å². The number of hydrogen-bond donors (Lipinski definition) is 1. The van der Waals surface area contributed by atoms with Crippen LogP contribution in [0, 0.1) is 5.92 Å². The van der Waals surface area contributed by atoms with Gasteiger partial charge in [-0.1, -0.05) is 6.92 Å². The number of methoxy groups -OCH3 is 1. The van der Waals surface area contributed by atoms with E-state index in [2.05, 4.69) is 12.2 Å². The van der Waals surface area contributed by atoms with E-state index in [0.29, 0.717) is 24.3 Å². The van der Waals surface area contributed by atoms with Gasteiger partial charge in [-0.05, 0) is 38.1 Å². The van der Waals surface area contributed by atoms with Gasteiger partial charge in [-0.25, -0.2) is 0 Å². The molecule has 0 aromatic rings. The second-order valence-corrected chi connectivity index (χ2v) is 5.71. The minimum Gasteiger partial charge on any atom is -0.379 e. The van der Waals surface area contributed by atoms with Crippen LogP contribution in [0.25, 0.3) is 0 Å². The first-order chi connectivity index (χ1) is 8.70. The number of piperidine rings is 1. The Bertz CT molecular complexity index is 283. The van der Waals surface area contributed by atoms with E-state index in [1.54, 1.807) is 7.11 Å². The zero-order valence-electron chi connectivity index (χ0n) is 12.1. The summed E-state index contributed by atoms with van der Waals surface area (Å²) < 4.78 is 5.46. The summed E-state index contributed by atoms with van der Waals surface area (Å²) in [5.74, 6) is 0.869. The van der Waals surface area contributed by atoms with Crippen molar-refractivity contribution in [3.8, 4) is 0 Å². The molecule has 5 heteroatoms. The first kappa shape index (κ1) is 16.7. The van der Waals surface area contributed by atoms with Gasteiger partial charge in [0.2, 0.25) is 5.91 Å². The number of carbonyl (C=O) groups excluding carboxylic acids is 1. The van der Waals surface area contributed by atoms with E-state index in [1.165, 1.54) is 12.8 Å². The van der Waals surface area contributed by atoms with Crippen LogP contribution in [0.1, 0.15) is 39.0 Å². The summed E-state index contributed by atoms with van der Waals surface area (Å²) in [5, 5.41) is 3.45. The molecule has 2 aliphatic rings. The van der Waals surface area contributed by atoms with Crippen molar-refractivity contribution in [2.45, 2.75) is 51.2 Å². The predicted octanol–water partition coefficient (Wildman–Crippen LogP) is 1.82. The maximum absolute atomic E-state index is 12.2. The quantitative estimate of drug-likeness (QED) is 0.859. The van der Waals surface area contributed by atoms with Crippen molar-refractivity contribution in [1.82, 2.24) is 10.2 Å². The Morgan fingerprint density at radius 2 is 2.21 bits per heavy atom. The zero-order chi connectivity index (χ0) is 13.0. The summed E-state index contributed by atoms with van der Waals surface area (Å²) in [6.07, 6.45) is 5.43. The molecule has 3 atom stereocenters. The number of likely N-dealkylation sites (tertiary alicyclic amines) is 1. The van der Waals surface area contributed by atoms with Crippen LogP contribution >= 0.6 is 12.4 Å². The minimum absolute atomic E-state index is 0. The number of carbonyl (C=O) groups is 1. The second-order valence-electron chi connectivity index (χ2n) is 5.71. The molecule has 2 aliphatic heterocycles. The highest BCUT2D eigenvalue weighted by molar-refractivity contribution is 5.85. The van der Waals surface area contributed by atoms with Crippen molar-refractivity contribution >= 4 is 18.3 Å². The van der Waals surface area contributed by atoms with Crippen LogP contribution in [0.5, 0.6) is 0 Å². The number of hydrogen-bond acceptors (Lipinski definition) is 3. The van der Waals surface area contributed by atoms with E-state index in [9.17, 15) is 4.79 Å². The van der Waals surface area contributed by atoms with Crippen LogP contribution < -0.4 is 5.32 Å². The van der Waals surface area contributed by atoms with Gasteiger partial charge >= 0.3 is 0 Å². The highest BCUT2D eigenvalue weighted by atomic mass is 35.5. The molecule has 2 rings (SSSR count). The minimum atomic E-state index is 0. The smallest absolute Gasteiger partial charge is 0.222 e. The van der Waals surface area contributed by atoms with Gasteiger partial charge < -0.3 is 15.0 Å². The Kier molecular flexibility index (Phi) is 7.11. The Hall–Kier alpha value is -0.320. The molecule has 0 radical (unpaired) electrons. The molecule has 112 valence electrons. The summed E-state index contributed by atoms with van der Waals surface area (Å²) in [6, 6.07) is 0.566. The van der Waals surface area contributed by atoms with E-state index in [4.69, 9.17) is 4.74 Å². The molecule has 2 fully saturated rings. The van der Waals surface area contributed by atoms with E-state index < -0.39 is 0 Å². The molecule has 0 aromatic heterocycles. The molecular weight excluding hydrogens is 264 g/mol. The molecule has 19 heavy (non-hydrogen) atoms. The van der Waals surface area contributed by atoms with Crippen molar-refractivity contribution in [3.63, 3.8) is 0 Å². The highest BCUT2D eigenvalue weighted by Crippen LogP contribution is 2.21. The lowest BCUT2D eigenvalue weighted by Crippen LogP contribution is -2.46. The fourth-order valence-electron chi connectivity index (χ4n) is 3.03. The lowest BCUT2D eigenvalue weighted by Gasteiger charge is -2.36. The molecule has 0 bridgehead atoms. The third kappa shape index (κ3) is 4.62. The standard InChI is InChI=1S/C14H26N2O2.ClH/c1-11-7-9-16(10-13(11)18-2)14(17)6-5-12-4-3-8-15-12;/h11-13,15H,3-10H2,1-2H3;1H. The van der Waals surface area contributed by atoms with Crippen LogP contribution in [0.2, 0.25) is 0 Å². The molecule has 1 amide bonds. The van der Waals surface area contributed by atoms with Gasteiger partial charge in [0.1, 0.15) is 0 Å². The average molecular weight is 291 g/mol. The lowest BCUT2D eigenvalue weighted by molar-refractivity contribution is -0.136. The van der Waals surface area contributed by atoms with Crippen molar-refractivity contribution < 1.29 is 9.53 Å². The summed E-state index contributed by atoms with van der Waals surface area (Å²) in [7, 11) is 1.75. The maximum Gasteiger partial charge on any atom is 0.222 e. The Morgan fingerprint density at radius 3 is 2.84 bits per heavy atom. The first-order valence-corrected chi connectivity index (χ1v) is 7.24. The van der Waals surface area contributed by atoms with Gasteiger partial charge in [0.25, 0.3) is 0 Å². The van der Waals surface area contributed by atoms with Crippen LogP contribution in [-0.2, 0) is 9.53 Å². The monoisotopic (exact) mass is 290 g/mol. The summed E-state index contributed by atoms with van der Waals surface area (Å²) in [5.41, 5.74) is 0. The summed E-state index contributed by atoms with van der Waals surface area (Å²) in [6.45, 7) is 5.00. The maximum atomic E-state index is 12.2. The van der Waals surface area contributed by atoms with E-state index in [0.717, 1.165) is 32.5 Å². The largest absolute Gasteiger partial charge is 0.379 e. The first-order valence-electron chi connectivity index (χ1n) is 7.24. The fraction of sp³-hybridized carbons (Fsp3) is 0.929. The van der Waals surface area contributed by atoms with E-state index in [-0.39, 0.29) is 18.5 Å². The van der Waals surface area contributed by atoms with Gasteiger partial charge in [0.15, 0.2) is 0 Å². The molecule has 3 unspecified atom stereocenters. The molecule has 0 spiro atoms. The third-order valence-corrected chi connectivity index (χ3v) is 4.41. The zero-order valence-corrected chi connectivity index (χ0v) is 12.9. The number of nitrogens with zero attached hydrogens (tertiary/aromatic N) is 1. The SMILES string of the molecule is COC1CN(C(=O)CCC2CCCN2)CCC1C.Cl. The third-order valence-electron chi connectivity index (χ3n) is 4.41. The number of ether oxygens (including phenoxy) is 1. The van der Waals surface area contributed by atoms with Crippen molar-refractivity contribution in [3.05, 3.63) is 0 Å². The van der Waals surface area contributed by atoms with Crippen molar-refractivity contribution in [2.75, 3.05) is 26.7 Å². The number of rotatable bonds is 4. The van der Waals surface area contributed by atoms with Gasteiger partial charge in [-0.15, -0.1) is 12.4 Å². The number of nitrogens with one attached hydrogen (secondary N) is 1. The predicted molar refractivity (Wildman–Crippen MR) is 78.7 cm³/mol. The molecule has 4 nitrogen and oxygen atoms in total. The van der Waals surface area contributed by atoms with Crippen LogP contribution in [0.15, 0.2) is 0 Å². The molecule has 0 saturated carbocycles. The topological polar surface area (TPSA) is 41.6 Å². The summed E-state index contributed by atoms with van der Waals surface area (Å²) >= 11 is 0. The Balaban J connectivity index is 0.00000180. The number of amides is 1. The van der Waals surface area contributed by atoms with Gasteiger partial charge in [-0.3, -0.25) is 4.79 Å². The molecule has 0 aliphatic carbocycles. The second kappa shape index (κ2) is 8.08. The molecule has 2 saturated heterocycles. The Morgan fingerprint density at radius 1 is 1.42 bits per heavy atom. The van der Waals surface area contributed by atoms with Gasteiger partial charge in [0.05, 0.1) is 6.10 Å². The average Bonchev–Trinajstić information content (AvgIpc) is 2.89. The fourth-order valence-corrected chi connectivity index (χ4v) is 3.03.